The minimum absolute atomic E-state index is 0.0313. The van der Waals surface area contributed by atoms with Crippen molar-refractivity contribution >= 4 is 0 Å². The van der Waals surface area contributed by atoms with Crippen molar-refractivity contribution in [2.75, 3.05) is 27.2 Å². The molecular formula is C12H20N2O2. The molecule has 1 aromatic rings. The average Bonchev–Trinajstić information content (AvgIpc) is 2.16. The standard InChI is InChI=1S/C12H20N2O2/c1-9-7-10(2)13-12(11(9)8-15)16-6-5-14(3)4/h7,15H,5-6,8H2,1-4H3. The quantitative estimate of drug-likeness (QED) is 0.814. The van der Waals surface area contributed by atoms with E-state index in [0.717, 1.165) is 23.4 Å². The monoisotopic (exact) mass is 224 g/mol. The molecule has 0 bridgehead atoms. The SMILES string of the molecule is Cc1cc(C)c(CO)c(OCCN(C)C)n1. The Hall–Kier alpha value is -1.13. The number of aryl methyl sites for hydroxylation is 2. The molecule has 1 heterocycles. The molecule has 0 spiro atoms. The van der Waals surface area contributed by atoms with Crippen LogP contribution in [-0.4, -0.2) is 42.2 Å². The summed E-state index contributed by atoms with van der Waals surface area (Å²) in [4.78, 5) is 6.34. The first-order valence-electron chi connectivity index (χ1n) is 5.40. The van der Waals surface area contributed by atoms with Gasteiger partial charge in [-0.2, -0.15) is 0 Å². The summed E-state index contributed by atoms with van der Waals surface area (Å²) in [5.41, 5.74) is 2.72. The molecule has 1 aromatic heterocycles. The highest BCUT2D eigenvalue weighted by Crippen LogP contribution is 2.20. The summed E-state index contributed by atoms with van der Waals surface area (Å²) in [6, 6.07) is 1.95. The van der Waals surface area contributed by atoms with E-state index in [2.05, 4.69) is 4.98 Å². The van der Waals surface area contributed by atoms with E-state index in [1.165, 1.54) is 0 Å². The number of ether oxygens (including phenoxy) is 1. The second kappa shape index (κ2) is 5.82. The first-order chi connectivity index (χ1) is 7.54. The Morgan fingerprint density at radius 3 is 2.62 bits per heavy atom. The lowest BCUT2D eigenvalue weighted by molar-refractivity contribution is 0.235. The molecular weight excluding hydrogens is 204 g/mol. The summed E-state index contributed by atoms with van der Waals surface area (Å²) < 4.78 is 5.59. The molecule has 0 aliphatic rings. The van der Waals surface area contributed by atoms with Crippen molar-refractivity contribution in [3.05, 3.63) is 22.9 Å². The number of hydrogen-bond acceptors (Lipinski definition) is 4. The molecule has 90 valence electrons. The Labute approximate surface area is 96.9 Å². The molecule has 0 unspecified atom stereocenters. The molecule has 1 rings (SSSR count). The smallest absolute Gasteiger partial charge is 0.219 e. The lowest BCUT2D eigenvalue weighted by atomic mass is 10.1. The van der Waals surface area contributed by atoms with Crippen LogP contribution in [-0.2, 0) is 6.61 Å². The summed E-state index contributed by atoms with van der Waals surface area (Å²) in [5.74, 6) is 0.557. The molecule has 1 N–H and O–H groups in total. The van der Waals surface area contributed by atoms with Crippen molar-refractivity contribution < 1.29 is 9.84 Å². The zero-order valence-electron chi connectivity index (χ0n) is 10.4. The minimum Gasteiger partial charge on any atom is -0.476 e. The molecule has 0 saturated heterocycles. The Balaban J connectivity index is 2.77. The maximum atomic E-state index is 9.27. The van der Waals surface area contributed by atoms with Gasteiger partial charge in [0.1, 0.15) is 6.61 Å². The van der Waals surface area contributed by atoms with Crippen LogP contribution in [0.1, 0.15) is 16.8 Å². The van der Waals surface area contributed by atoms with Crippen LogP contribution in [0.3, 0.4) is 0 Å². The second-order valence-electron chi connectivity index (χ2n) is 4.17. The van der Waals surface area contributed by atoms with E-state index >= 15 is 0 Å². The summed E-state index contributed by atoms with van der Waals surface area (Å²) in [6.07, 6.45) is 0. The predicted molar refractivity (Wildman–Crippen MR) is 63.7 cm³/mol. The van der Waals surface area contributed by atoms with Crippen molar-refractivity contribution in [2.45, 2.75) is 20.5 Å². The third-order valence-electron chi connectivity index (χ3n) is 2.37. The van der Waals surface area contributed by atoms with Gasteiger partial charge in [0.05, 0.1) is 6.61 Å². The molecule has 0 atom stereocenters. The maximum absolute atomic E-state index is 9.27. The summed E-state index contributed by atoms with van der Waals surface area (Å²) in [7, 11) is 3.98. The Morgan fingerprint density at radius 1 is 1.38 bits per heavy atom. The number of nitrogens with zero attached hydrogens (tertiary/aromatic N) is 2. The highest BCUT2D eigenvalue weighted by molar-refractivity contribution is 5.35. The normalized spacial score (nSPS) is 10.9. The largest absolute Gasteiger partial charge is 0.476 e. The predicted octanol–water partition coefficient (Wildman–Crippen LogP) is 1.13. The third-order valence-corrected chi connectivity index (χ3v) is 2.37. The zero-order chi connectivity index (χ0) is 12.1. The first kappa shape index (κ1) is 12.9. The van der Waals surface area contributed by atoms with E-state index in [9.17, 15) is 5.11 Å². The Bertz CT molecular complexity index is 351. The lowest BCUT2D eigenvalue weighted by Crippen LogP contribution is -2.20. The van der Waals surface area contributed by atoms with E-state index in [4.69, 9.17) is 4.74 Å². The highest BCUT2D eigenvalue weighted by Gasteiger charge is 2.09. The van der Waals surface area contributed by atoms with Crippen LogP contribution >= 0.6 is 0 Å². The minimum atomic E-state index is -0.0313. The fourth-order valence-electron chi connectivity index (χ4n) is 1.47. The first-order valence-corrected chi connectivity index (χ1v) is 5.40. The van der Waals surface area contributed by atoms with Crippen LogP contribution in [0.25, 0.3) is 0 Å². The van der Waals surface area contributed by atoms with Crippen LogP contribution in [0.5, 0.6) is 5.88 Å². The van der Waals surface area contributed by atoms with Gasteiger partial charge < -0.3 is 14.7 Å². The molecule has 0 aliphatic heterocycles. The molecule has 0 aromatic carbocycles. The fourth-order valence-corrected chi connectivity index (χ4v) is 1.47. The maximum Gasteiger partial charge on any atom is 0.219 e. The van der Waals surface area contributed by atoms with Gasteiger partial charge in [-0.25, -0.2) is 4.98 Å². The van der Waals surface area contributed by atoms with Gasteiger partial charge in [0.15, 0.2) is 0 Å². The average molecular weight is 224 g/mol. The number of aliphatic hydroxyl groups excluding tert-OH is 1. The van der Waals surface area contributed by atoms with Gasteiger partial charge >= 0.3 is 0 Å². The highest BCUT2D eigenvalue weighted by atomic mass is 16.5. The topological polar surface area (TPSA) is 45.6 Å². The summed E-state index contributed by atoms with van der Waals surface area (Å²) in [5, 5.41) is 9.27. The van der Waals surface area contributed by atoms with Crippen molar-refractivity contribution in [3.63, 3.8) is 0 Å². The van der Waals surface area contributed by atoms with E-state index in [0.29, 0.717) is 12.5 Å². The summed E-state index contributed by atoms with van der Waals surface area (Å²) >= 11 is 0. The number of pyridine rings is 1. The van der Waals surface area contributed by atoms with Gasteiger partial charge in [0.25, 0.3) is 0 Å². The van der Waals surface area contributed by atoms with Crippen molar-refractivity contribution in [3.8, 4) is 5.88 Å². The van der Waals surface area contributed by atoms with Gasteiger partial charge in [0.2, 0.25) is 5.88 Å². The summed E-state index contributed by atoms with van der Waals surface area (Å²) in [6.45, 7) is 5.26. The van der Waals surface area contributed by atoms with Crippen molar-refractivity contribution in [1.29, 1.82) is 0 Å². The van der Waals surface area contributed by atoms with Gasteiger partial charge in [-0.3, -0.25) is 0 Å². The van der Waals surface area contributed by atoms with Crippen molar-refractivity contribution in [2.24, 2.45) is 0 Å². The number of rotatable bonds is 5. The molecule has 0 fully saturated rings. The van der Waals surface area contributed by atoms with Gasteiger partial charge in [-0.1, -0.05) is 0 Å². The third kappa shape index (κ3) is 3.47. The molecule has 16 heavy (non-hydrogen) atoms. The van der Waals surface area contributed by atoms with Crippen LogP contribution in [0.15, 0.2) is 6.07 Å². The van der Waals surface area contributed by atoms with Gasteiger partial charge in [0, 0.05) is 17.8 Å². The van der Waals surface area contributed by atoms with Gasteiger partial charge in [-0.05, 0) is 39.6 Å². The lowest BCUT2D eigenvalue weighted by Gasteiger charge is -2.14. The molecule has 0 saturated carbocycles. The Morgan fingerprint density at radius 2 is 2.06 bits per heavy atom. The van der Waals surface area contributed by atoms with Crippen LogP contribution in [0.2, 0.25) is 0 Å². The molecule has 0 amide bonds. The van der Waals surface area contributed by atoms with Crippen LogP contribution in [0.4, 0.5) is 0 Å². The van der Waals surface area contributed by atoms with Crippen LogP contribution in [0, 0.1) is 13.8 Å². The van der Waals surface area contributed by atoms with Gasteiger partial charge in [-0.15, -0.1) is 0 Å². The fraction of sp³-hybridized carbons (Fsp3) is 0.583. The Kier molecular flexibility index (Phi) is 4.71. The van der Waals surface area contributed by atoms with E-state index in [1.54, 1.807) is 0 Å². The number of hydrogen-bond donors (Lipinski definition) is 1. The van der Waals surface area contributed by atoms with Crippen molar-refractivity contribution in [1.82, 2.24) is 9.88 Å². The number of aliphatic hydroxyl groups is 1. The number of likely N-dealkylation sites (N-methyl/N-ethyl adjacent to an activating group) is 1. The molecule has 4 nitrogen and oxygen atoms in total. The molecule has 4 heteroatoms. The van der Waals surface area contributed by atoms with Crippen LogP contribution < -0.4 is 4.74 Å². The number of aromatic nitrogens is 1. The van der Waals surface area contributed by atoms with E-state index in [-0.39, 0.29) is 6.61 Å². The molecule has 0 radical (unpaired) electrons. The van der Waals surface area contributed by atoms with E-state index in [1.807, 2.05) is 38.9 Å². The van der Waals surface area contributed by atoms with E-state index < -0.39 is 0 Å². The zero-order valence-corrected chi connectivity index (χ0v) is 10.4. The second-order valence-corrected chi connectivity index (χ2v) is 4.17. The molecule has 0 aliphatic carbocycles.